The second-order valence-corrected chi connectivity index (χ2v) is 18.6. The van der Waals surface area contributed by atoms with Crippen LogP contribution in [0.3, 0.4) is 0 Å². The summed E-state index contributed by atoms with van der Waals surface area (Å²) in [5, 5.41) is 5.41. The predicted octanol–water partition coefficient (Wildman–Crippen LogP) is 17.2. The highest BCUT2D eigenvalue weighted by atomic mass is 32.1. The SMILES string of the molecule is CC1(C)c2ccccc2-c2ccc(N(c3ccc(-c4cccc5sc6c(ccc7sc8ccccc8c76)c45)cc3)c3cc(-c4ccccc4)cc(-c4ccccc4)c3)cc21. The van der Waals surface area contributed by atoms with Crippen LogP contribution in [-0.2, 0) is 5.41 Å². The van der Waals surface area contributed by atoms with Gasteiger partial charge in [-0.15, -0.1) is 22.7 Å². The van der Waals surface area contributed by atoms with E-state index in [0.29, 0.717) is 0 Å². The summed E-state index contributed by atoms with van der Waals surface area (Å²) in [4.78, 5) is 2.46. The van der Waals surface area contributed by atoms with Crippen molar-refractivity contribution in [2.45, 2.75) is 19.3 Å². The molecule has 9 aromatic carbocycles. The van der Waals surface area contributed by atoms with E-state index in [9.17, 15) is 0 Å². The van der Waals surface area contributed by atoms with Crippen LogP contribution in [0.15, 0.2) is 200 Å². The predicted molar refractivity (Wildman–Crippen MR) is 261 cm³/mol. The smallest absolute Gasteiger partial charge is 0.0473 e. The zero-order valence-electron chi connectivity index (χ0n) is 33.3. The number of rotatable bonds is 6. The Bertz CT molecular complexity index is 3390. The van der Waals surface area contributed by atoms with E-state index in [1.54, 1.807) is 0 Å². The second-order valence-electron chi connectivity index (χ2n) is 16.5. The van der Waals surface area contributed by atoms with Crippen LogP contribution in [0.5, 0.6) is 0 Å². The highest BCUT2D eigenvalue weighted by molar-refractivity contribution is 7.29. The molecule has 1 aliphatic rings. The van der Waals surface area contributed by atoms with Crippen LogP contribution in [0.2, 0.25) is 0 Å². The van der Waals surface area contributed by atoms with Gasteiger partial charge in [0.25, 0.3) is 0 Å². The first-order chi connectivity index (χ1) is 29.5. The van der Waals surface area contributed by atoms with Crippen molar-refractivity contribution in [2.24, 2.45) is 0 Å². The first-order valence-corrected chi connectivity index (χ1v) is 22.3. The van der Waals surface area contributed by atoms with Gasteiger partial charge in [0.2, 0.25) is 0 Å². The van der Waals surface area contributed by atoms with Crippen LogP contribution in [0.25, 0.3) is 84.9 Å². The summed E-state index contributed by atoms with van der Waals surface area (Å²) in [6, 6.07) is 74.2. The maximum Gasteiger partial charge on any atom is 0.0473 e. The second kappa shape index (κ2) is 13.6. The van der Waals surface area contributed by atoms with Gasteiger partial charge in [-0.2, -0.15) is 0 Å². The third-order valence-electron chi connectivity index (χ3n) is 12.7. The summed E-state index contributed by atoms with van der Waals surface area (Å²) >= 11 is 3.82. The van der Waals surface area contributed by atoms with Gasteiger partial charge in [0.1, 0.15) is 0 Å². The Balaban J connectivity index is 1.04. The van der Waals surface area contributed by atoms with Crippen LogP contribution in [0, 0.1) is 0 Å². The highest BCUT2D eigenvalue weighted by Crippen LogP contribution is 2.52. The summed E-state index contributed by atoms with van der Waals surface area (Å²) in [7, 11) is 0. The van der Waals surface area contributed by atoms with Crippen molar-refractivity contribution in [1.82, 2.24) is 0 Å². The average molecular weight is 802 g/mol. The minimum Gasteiger partial charge on any atom is -0.310 e. The quantitative estimate of drug-likeness (QED) is 0.162. The summed E-state index contributed by atoms with van der Waals surface area (Å²) in [6.07, 6.45) is 0. The van der Waals surface area contributed by atoms with Crippen molar-refractivity contribution < 1.29 is 0 Å². The number of benzene rings is 9. The molecule has 1 aliphatic carbocycles. The lowest BCUT2D eigenvalue weighted by Gasteiger charge is -2.29. The molecule has 0 saturated carbocycles. The van der Waals surface area contributed by atoms with Crippen molar-refractivity contribution in [3.63, 3.8) is 0 Å². The van der Waals surface area contributed by atoms with Crippen LogP contribution in [-0.4, -0.2) is 0 Å². The summed E-state index contributed by atoms with van der Waals surface area (Å²) in [6.45, 7) is 4.73. The molecular formula is C57H39NS2. The molecule has 0 fully saturated rings. The molecule has 0 radical (unpaired) electrons. The Kier molecular flexibility index (Phi) is 8.00. The van der Waals surface area contributed by atoms with Gasteiger partial charge in [0.05, 0.1) is 0 Å². The molecule has 0 N–H and O–H groups in total. The summed E-state index contributed by atoms with van der Waals surface area (Å²) < 4.78 is 5.40. The van der Waals surface area contributed by atoms with Crippen LogP contribution in [0.4, 0.5) is 17.1 Å². The van der Waals surface area contributed by atoms with E-state index in [2.05, 4.69) is 219 Å². The largest absolute Gasteiger partial charge is 0.310 e. The van der Waals surface area contributed by atoms with Crippen LogP contribution >= 0.6 is 22.7 Å². The molecule has 0 unspecified atom stereocenters. The fraction of sp³-hybridized carbons (Fsp3) is 0.0526. The topological polar surface area (TPSA) is 3.24 Å². The molecule has 0 spiro atoms. The normalized spacial score (nSPS) is 13.0. The minimum atomic E-state index is -0.124. The van der Waals surface area contributed by atoms with Gasteiger partial charge in [-0.25, -0.2) is 0 Å². The molecule has 60 heavy (non-hydrogen) atoms. The van der Waals surface area contributed by atoms with Crippen LogP contribution < -0.4 is 4.90 Å². The van der Waals surface area contributed by atoms with Gasteiger partial charge in [0.15, 0.2) is 0 Å². The molecule has 2 heterocycles. The molecule has 2 aromatic heterocycles. The van der Waals surface area contributed by atoms with Crippen molar-refractivity contribution >= 4 is 80.1 Å². The molecule has 12 rings (SSSR count). The van der Waals surface area contributed by atoms with Gasteiger partial charge in [-0.05, 0) is 116 Å². The molecule has 1 nitrogen and oxygen atoms in total. The fourth-order valence-corrected chi connectivity index (χ4v) is 12.2. The Morgan fingerprint density at radius 1 is 0.350 bits per heavy atom. The third-order valence-corrected chi connectivity index (χ3v) is 15.0. The molecule has 0 bridgehead atoms. The first-order valence-electron chi connectivity index (χ1n) is 20.7. The summed E-state index contributed by atoms with van der Waals surface area (Å²) in [5.41, 5.74) is 15.9. The fourth-order valence-electron chi connectivity index (χ4n) is 9.74. The van der Waals surface area contributed by atoms with E-state index >= 15 is 0 Å². The van der Waals surface area contributed by atoms with Gasteiger partial charge in [-0.3, -0.25) is 0 Å². The van der Waals surface area contributed by atoms with E-state index in [4.69, 9.17) is 0 Å². The van der Waals surface area contributed by atoms with E-state index in [1.165, 1.54) is 96.0 Å². The Hall–Kier alpha value is -6.78. The Morgan fingerprint density at radius 2 is 0.967 bits per heavy atom. The highest BCUT2D eigenvalue weighted by Gasteiger charge is 2.35. The molecular weight excluding hydrogens is 763 g/mol. The van der Waals surface area contributed by atoms with E-state index in [0.717, 1.165) is 17.1 Å². The Labute approximate surface area is 358 Å². The van der Waals surface area contributed by atoms with E-state index < -0.39 is 0 Å². The van der Waals surface area contributed by atoms with E-state index in [1.807, 2.05) is 22.7 Å². The monoisotopic (exact) mass is 801 g/mol. The molecule has 0 amide bonds. The molecule has 284 valence electrons. The number of thiophene rings is 2. The minimum absolute atomic E-state index is 0.124. The number of anilines is 3. The lowest BCUT2D eigenvalue weighted by molar-refractivity contribution is 0.660. The Morgan fingerprint density at radius 3 is 1.73 bits per heavy atom. The molecule has 3 heteroatoms. The average Bonchev–Trinajstić information content (AvgIpc) is 3.95. The zero-order chi connectivity index (χ0) is 40.0. The molecule has 0 atom stereocenters. The van der Waals surface area contributed by atoms with Gasteiger partial charge in [-0.1, -0.05) is 153 Å². The van der Waals surface area contributed by atoms with Crippen molar-refractivity contribution in [3.05, 3.63) is 211 Å². The molecule has 11 aromatic rings. The first kappa shape index (κ1) is 35.2. The zero-order valence-corrected chi connectivity index (χ0v) is 34.9. The number of hydrogen-bond donors (Lipinski definition) is 0. The number of hydrogen-bond acceptors (Lipinski definition) is 3. The maximum atomic E-state index is 2.46. The van der Waals surface area contributed by atoms with Gasteiger partial charge in [0, 0.05) is 62.8 Å². The third kappa shape index (κ3) is 5.50. The maximum absolute atomic E-state index is 2.46. The van der Waals surface area contributed by atoms with Crippen LogP contribution in [0.1, 0.15) is 25.0 Å². The molecule has 0 saturated heterocycles. The number of fused-ring (bicyclic) bond motifs is 10. The van der Waals surface area contributed by atoms with Crippen molar-refractivity contribution in [2.75, 3.05) is 4.90 Å². The van der Waals surface area contributed by atoms with Gasteiger partial charge < -0.3 is 4.90 Å². The molecule has 0 aliphatic heterocycles. The standard InChI is InChI=1S/C57H39NS2/c1-57(2)49-21-11-9-18-45(49)46-29-28-42(35-50(46)57)58(43-33-39(36-14-5-3-6-15-36)32-40(34-43)37-16-7-4-8-17-37)41-26-24-38(25-27-41)44-20-13-23-52-54(44)48-30-31-53-55(56(48)60-52)47-19-10-12-22-51(47)59-53/h3-35H,1-2H3. The van der Waals surface area contributed by atoms with Crippen molar-refractivity contribution in [3.8, 4) is 44.5 Å². The van der Waals surface area contributed by atoms with Gasteiger partial charge >= 0.3 is 0 Å². The summed E-state index contributed by atoms with van der Waals surface area (Å²) in [5.74, 6) is 0. The lowest BCUT2D eigenvalue weighted by Crippen LogP contribution is -2.16. The van der Waals surface area contributed by atoms with E-state index in [-0.39, 0.29) is 5.41 Å². The van der Waals surface area contributed by atoms with Crippen molar-refractivity contribution in [1.29, 1.82) is 0 Å². The lowest BCUT2D eigenvalue weighted by atomic mass is 9.82. The number of nitrogens with zero attached hydrogens (tertiary/aromatic N) is 1.